The first-order valence-electron chi connectivity index (χ1n) is 8.58. The van der Waals surface area contributed by atoms with Crippen molar-refractivity contribution in [3.8, 4) is 0 Å². The van der Waals surface area contributed by atoms with Crippen LogP contribution >= 0.6 is 0 Å². The lowest BCUT2D eigenvalue weighted by Gasteiger charge is -2.28. The third-order valence-electron chi connectivity index (χ3n) is 5.43. The van der Waals surface area contributed by atoms with E-state index in [4.69, 9.17) is 0 Å². The van der Waals surface area contributed by atoms with Gasteiger partial charge in [0.05, 0.1) is 12.0 Å². The van der Waals surface area contributed by atoms with Gasteiger partial charge in [-0.25, -0.2) is 18.4 Å². The number of anilines is 1. The van der Waals surface area contributed by atoms with Crippen molar-refractivity contribution < 1.29 is 13.6 Å². The van der Waals surface area contributed by atoms with E-state index in [2.05, 4.69) is 15.3 Å². The van der Waals surface area contributed by atoms with Crippen LogP contribution in [0, 0.1) is 0 Å². The molecule has 2 aromatic rings. The molecule has 4 rings (SSSR count). The SMILES string of the molecule is CC1(c2ccc(NC(=O)N3CCc4c([nH]c(=O)[nH]c4=O)C3)cc2)CC1(F)F. The van der Waals surface area contributed by atoms with Crippen molar-refractivity contribution in [3.63, 3.8) is 0 Å². The summed E-state index contributed by atoms with van der Waals surface area (Å²) in [7, 11) is 0. The number of aromatic amines is 2. The minimum Gasteiger partial charge on any atom is -0.318 e. The van der Waals surface area contributed by atoms with Gasteiger partial charge in [0.25, 0.3) is 11.5 Å². The fourth-order valence-corrected chi connectivity index (χ4v) is 3.49. The normalized spacial score (nSPS) is 22.9. The van der Waals surface area contributed by atoms with Crippen LogP contribution in [0.25, 0.3) is 0 Å². The molecule has 1 fully saturated rings. The first kappa shape index (κ1) is 17.4. The van der Waals surface area contributed by atoms with E-state index in [1.54, 1.807) is 24.3 Å². The van der Waals surface area contributed by atoms with Gasteiger partial charge in [-0.05, 0) is 31.0 Å². The maximum absolute atomic E-state index is 13.5. The standard InChI is InChI=1S/C18H18F2N4O3/c1-17(9-18(17,19)20)10-2-4-11(5-3-10)21-16(27)24-7-6-12-13(8-24)22-15(26)23-14(12)25/h2-5H,6-9H2,1H3,(H,21,27)(H2,22,23,25,26). The number of benzene rings is 1. The van der Waals surface area contributed by atoms with E-state index in [9.17, 15) is 23.2 Å². The molecule has 27 heavy (non-hydrogen) atoms. The molecule has 1 aromatic heterocycles. The van der Waals surface area contributed by atoms with Gasteiger partial charge in [0, 0.05) is 29.9 Å². The maximum atomic E-state index is 13.5. The molecule has 9 heteroatoms. The number of carbonyl (C=O) groups excluding carboxylic acids is 1. The van der Waals surface area contributed by atoms with Crippen molar-refractivity contribution in [2.45, 2.75) is 37.6 Å². The number of H-pyrrole nitrogens is 2. The number of hydrogen-bond acceptors (Lipinski definition) is 3. The van der Waals surface area contributed by atoms with Crippen LogP contribution in [0.2, 0.25) is 0 Å². The molecule has 0 spiro atoms. The summed E-state index contributed by atoms with van der Waals surface area (Å²) in [4.78, 5) is 41.8. The highest BCUT2D eigenvalue weighted by Crippen LogP contribution is 2.61. The van der Waals surface area contributed by atoms with Crippen molar-refractivity contribution in [3.05, 3.63) is 61.9 Å². The van der Waals surface area contributed by atoms with Gasteiger partial charge >= 0.3 is 11.7 Å². The predicted molar refractivity (Wildman–Crippen MR) is 94.2 cm³/mol. The third-order valence-corrected chi connectivity index (χ3v) is 5.43. The average molecular weight is 376 g/mol. The van der Waals surface area contributed by atoms with Crippen molar-refractivity contribution >= 4 is 11.7 Å². The molecule has 142 valence electrons. The number of halogens is 2. The summed E-state index contributed by atoms with van der Waals surface area (Å²) in [5.41, 5.74) is -0.260. The highest BCUT2D eigenvalue weighted by molar-refractivity contribution is 5.89. The van der Waals surface area contributed by atoms with Gasteiger partial charge in [-0.1, -0.05) is 12.1 Å². The zero-order valence-corrected chi connectivity index (χ0v) is 14.6. The maximum Gasteiger partial charge on any atom is 0.325 e. The number of carbonyl (C=O) groups is 1. The van der Waals surface area contributed by atoms with E-state index >= 15 is 0 Å². The van der Waals surface area contributed by atoms with Crippen LogP contribution < -0.4 is 16.6 Å². The van der Waals surface area contributed by atoms with Crippen molar-refractivity contribution in [1.82, 2.24) is 14.9 Å². The number of aromatic nitrogens is 2. The first-order chi connectivity index (χ1) is 12.7. The number of alkyl halides is 2. The molecule has 2 heterocycles. The summed E-state index contributed by atoms with van der Waals surface area (Å²) >= 11 is 0. The Hall–Kier alpha value is -2.97. The van der Waals surface area contributed by atoms with E-state index in [0.717, 1.165) is 0 Å². The van der Waals surface area contributed by atoms with Crippen molar-refractivity contribution in [2.75, 3.05) is 11.9 Å². The molecule has 7 nitrogen and oxygen atoms in total. The molecule has 0 radical (unpaired) electrons. The summed E-state index contributed by atoms with van der Waals surface area (Å²) in [6.07, 6.45) is 0.164. The lowest BCUT2D eigenvalue weighted by Crippen LogP contribution is -2.43. The average Bonchev–Trinajstić information content (AvgIpc) is 3.13. The van der Waals surface area contributed by atoms with E-state index in [0.29, 0.717) is 35.5 Å². The number of rotatable bonds is 2. The molecule has 1 saturated carbocycles. The largest absolute Gasteiger partial charge is 0.325 e. The summed E-state index contributed by atoms with van der Waals surface area (Å²) in [6.45, 7) is 1.97. The van der Waals surface area contributed by atoms with E-state index in [-0.39, 0.29) is 13.0 Å². The van der Waals surface area contributed by atoms with Crippen LogP contribution in [0.5, 0.6) is 0 Å². The van der Waals surface area contributed by atoms with Gasteiger partial charge in [-0.2, -0.15) is 0 Å². The number of urea groups is 1. The molecule has 0 bridgehead atoms. The lowest BCUT2D eigenvalue weighted by atomic mass is 9.97. The second-order valence-corrected chi connectivity index (χ2v) is 7.26. The van der Waals surface area contributed by atoms with Crippen molar-refractivity contribution in [2.24, 2.45) is 0 Å². The molecule has 1 aromatic carbocycles. The Morgan fingerprint density at radius 1 is 1.19 bits per heavy atom. The first-order valence-corrected chi connectivity index (χ1v) is 8.58. The molecule has 1 aliphatic heterocycles. The zero-order chi connectivity index (χ0) is 19.4. The Morgan fingerprint density at radius 2 is 1.85 bits per heavy atom. The monoisotopic (exact) mass is 376 g/mol. The van der Waals surface area contributed by atoms with Crippen LogP contribution in [0.15, 0.2) is 33.9 Å². The zero-order valence-electron chi connectivity index (χ0n) is 14.6. The van der Waals surface area contributed by atoms with E-state index in [1.807, 2.05) is 0 Å². The predicted octanol–water partition coefficient (Wildman–Crippen LogP) is 1.95. The van der Waals surface area contributed by atoms with E-state index < -0.39 is 28.6 Å². The van der Waals surface area contributed by atoms with E-state index in [1.165, 1.54) is 11.8 Å². The van der Waals surface area contributed by atoms with Crippen LogP contribution in [0.3, 0.4) is 0 Å². The smallest absolute Gasteiger partial charge is 0.318 e. The number of hydrogen-bond donors (Lipinski definition) is 3. The molecule has 3 N–H and O–H groups in total. The van der Waals surface area contributed by atoms with Crippen LogP contribution in [-0.4, -0.2) is 33.4 Å². The fourth-order valence-electron chi connectivity index (χ4n) is 3.49. The molecular weight excluding hydrogens is 358 g/mol. The van der Waals surface area contributed by atoms with Gasteiger partial charge < -0.3 is 15.2 Å². The molecule has 2 amide bonds. The van der Waals surface area contributed by atoms with Crippen molar-refractivity contribution in [1.29, 1.82) is 0 Å². The summed E-state index contributed by atoms with van der Waals surface area (Å²) in [6, 6.07) is 5.99. The number of nitrogens with one attached hydrogen (secondary N) is 3. The second kappa shape index (κ2) is 5.77. The third kappa shape index (κ3) is 2.92. The molecular formula is C18H18F2N4O3. The minimum atomic E-state index is -2.69. The van der Waals surface area contributed by atoms with Gasteiger partial charge in [0.1, 0.15) is 0 Å². The Balaban J connectivity index is 1.45. The number of nitrogens with zero attached hydrogens (tertiary/aromatic N) is 1. The van der Waals surface area contributed by atoms with Gasteiger partial charge in [-0.15, -0.1) is 0 Å². The van der Waals surface area contributed by atoms with Crippen LogP contribution in [0.4, 0.5) is 19.3 Å². The fraction of sp³-hybridized carbons (Fsp3) is 0.389. The minimum absolute atomic E-state index is 0.114. The Bertz CT molecular complexity index is 1030. The summed E-state index contributed by atoms with van der Waals surface area (Å²) in [5.74, 6) is -2.69. The molecule has 2 aliphatic rings. The van der Waals surface area contributed by atoms with Crippen LogP contribution in [0.1, 0.15) is 30.2 Å². The summed E-state index contributed by atoms with van der Waals surface area (Å²) < 4.78 is 26.9. The highest BCUT2D eigenvalue weighted by Gasteiger charge is 2.68. The molecule has 1 atom stereocenters. The Kier molecular flexibility index (Phi) is 3.72. The molecule has 0 saturated heterocycles. The number of fused-ring (bicyclic) bond motifs is 1. The Morgan fingerprint density at radius 3 is 2.48 bits per heavy atom. The number of amides is 2. The summed E-state index contributed by atoms with van der Waals surface area (Å²) in [5, 5.41) is 2.71. The molecule has 1 aliphatic carbocycles. The topological polar surface area (TPSA) is 98.1 Å². The van der Waals surface area contributed by atoms with Gasteiger partial charge in [0.15, 0.2) is 0 Å². The highest BCUT2D eigenvalue weighted by atomic mass is 19.3. The van der Waals surface area contributed by atoms with Crippen LogP contribution in [-0.2, 0) is 18.4 Å². The quantitative estimate of drug-likeness (QED) is 0.747. The van der Waals surface area contributed by atoms with Gasteiger partial charge in [0.2, 0.25) is 0 Å². The van der Waals surface area contributed by atoms with Gasteiger partial charge in [-0.3, -0.25) is 9.78 Å². The second-order valence-electron chi connectivity index (χ2n) is 7.26. The Labute approximate surface area is 152 Å². The lowest BCUT2D eigenvalue weighted by molar-refractivity contribution is 0.0920. The molecule has 1 unspecified atom stereocenters.